The maximum absolute atomic E-state index is 12.8. The molecule has 164 valence electrons. The second kappa shape index (κ2) is 8.65. The highest BCUT2D eigenvalue weighted by molar-refractivity contribution is 7.89. The number of amides is 1. The summed E-state index contributed by atoms with van der Waals surface area (Å²) >= 11 is 0. The van der Waals surface area contributed by atoms with Crippen LogP contribution < -0.4 is 14.8 Å². The second-order valence-electron chi connectivity index (χ2n) is 7.60. The Morgan fingerprint density at radius 2 is 1.73 bits per heavy atom. The molecule has 0 aliphatic carbocycles. The highest BCUT2D eigenvalue weighted by Crippen LogP contribution is 2.29. The summed E-state index contributed by atoms with van der Waals surface area (Å²) in [5.41, 5.74) is -1.29. The van der Waals surface area contributed by atoms with Gasteiger partial charge in [0, 0.05) is 17.6 Å². The van der Waals surface area contributed by atoms with Gasteiger partial charge in [-0.2, -0.15) is 13.2 Å². The van der Waals surface area contributed by atoms with E-state index in [1.165, 1.54) is 31.4 Å². The van der Waals surface area contributed by atoms with Crippen LogP contribution in [0.4, 0.5) is 13.2 Å². The lowest BCUT2D eigenvalue weighted by Crippen LogP contribution is -2.40. The molecule has 2 aromatic rings. The van der Waals surface area contributed by atoms with Crippen molar-refractivity contribution in [2.75, 3.05) is 7.11 Å². The number of rotatable bonds is 6. The van der Waals surface area contributed by atoms with Gasteiger partial charge in [0.15, 0.2) is 0 Å². The van der Waals surface area contributed by atoms with Crippen molar-refractivity contribution < 1.29 is 31.1 Å². The molecule has 0 unspecified atom stereocenters. The summed E-state index contributed by atoms with van der Waals surface area (Å²) in [5, 5.41) is 2.50. The third-order valence-electron chi connectivity index (χ3n) is 3.86. The fourth-order valence-corrected chi connectivity index (χ4v) is 4.24. The standard InChI is InChI=1S/C20H23F3N2O4S/c1-19(2,3)25-30(27,28)17-11-14(8-9-16(17)29-4)18(26)24-12-13-6-5-7-15(10-13)20(21,22)23/h5-11,25H,12H2,1-4H3,(H,24,26). The summed E-state index contributed by atoms with van der Waals surface area (Å²) in [4.78, 5) is 12.3. The number of halogens is 3. The number of alkyl halides is 3. The molecule has 0 aliphatic heterocycles. The third kappa shape index (κ3) is 6.20. The molecule has 2 aromatic carbocycles. The Kier molecular flexibility index (Phi) is 6.83. The number of hydrogen-bond acceptors (Lipinski definition) is 4. The number of methoxy groups -OCH3 is 1. The van der Waals surface area contributed by atoms with E-state index in [4.69, 9.17) is 4.74 Å². The Balaban J connectivity index is 2.25. The molecule has 0 radical (unpaired) electrons. The quantitative estimate of drug-likeness (QED) is 0.711. The number of carbonyl (C=O) groups is 1. The van der Waals surface area contributed by atoms with Gasteiger partial charge in [-0.05, 0) is 56.7 Å². The Morgan fingerprint density at radius 3 is 2.30 bits per heavy atom. The predicted octanol–water partition coefficient (Wildman–Crippen LogP) is 3.72. The van der Waals surface area contributed by atoms with Crippen LogP contribution in [0.2, 0.25) is 0 Å². The van der Waals surface area contributed by atoms with Crippen molar-refractivity contribution in [2.24, 2.45) is 0 Å². The van der Waals surface area contributed by atoms with Gasteiger partial charge in [-0.25, -0.2) is 13.1 Å². The van der Waals surface area contributed by atoms with Crippen LogP contribution in [0.25, 0.3) is 0 Å². The number of ether oxygens (including phenoxy) is 1. The molecule has 0 aliphatic rings. The number of sulfonamides is 1. The van der Waals surface area contributed by atoms with E-state index in [1.54, 1.807) is 20.8 Å². The Hall–Kier alpha value is -2.59. The molecule has 2 rings (SSSR count). The summed E-state index contributed by atoms with van der Waals surface area (Å²) in [7, 11) is -2.68. The predicted molar refractivity (Wildman–Crippen MR) is 106 cm³/mol. The van der Waals surface area contributed by atoms with Crippen molar-refractivity contribution in [3.8, 4) is 5.75 Å². The maximum Gasteiger partial charge on any atom is 0.416 e. The summed E-state index contributed by atoms with van der Waals surface area (Å²) in [6.45, 7) is 4.85. The van der Waals surface area contributed by atoms with E-state index in [2.05, 4.69) is 10.0 Å². The smallest absolute Gasteiger partial charge is 0.416 e. The fourth-order valence-electron chi connectivity index (χ4n) is 2.63. The largest absolute Gasteiger partial charge is 0.495 e. The Morgan fingerprint density at radius 1 is 1.07 bits per heavy atom. The topological polar surface area (TPSA) is 84.5 Å². The van der Waals surface area contributed by atoms with Crippen molar-refractivity contribution >= 4 is 15.9 Å². The van der Waals surface area contributed by atoms with Gasteiger partial charge in [0.25, 0.3) is 5.91 Å². The van der Waals surface area contributed by atoms with Crippen LogP contribution in [-0.4, -0.2) is 27.0 Å². The lowest BCUT2D eigenvalue weighted by atomic mass is 10.1. The zero-order valence-electron chi connectivity index (χ0n) is 16.9. The highest BCUT2D eigenvalue weighted by Gasteiger charge is 2.30. The first kappa shape index (κ1) is 23.7. The van der Waals surface area contributed by atoms with Gasteiger partial charge in [-0.3, -0.25) is 4.79 Å². The minimum absolute atomic E-state index is 0.0251. The second-order valence-corrected chi connectivity index (χ2v) is 9.25. The molecule has 0 saturated heterocycles. The average molecular weight is 444 g/mol. The summed E-state index contributed by atoms with van der Waals surface area (Å²) in [6, 6.07) is 8.46. The molecule has 10 heteroatoms. The zero-order valence-corrected chi connectivity index (χ0v) is 17.7. The summed E-state index contributed by atoms with van der Waals surface area (Å²) < 4.78 is 71.4. The van der Waals surface area contributed by atoms with Gasteiger partial charge < -0.3 is 10.1 Å². The normalized spacial score (nSPS) is 12.5. The lowest BCUT2D eigenvalue weighted by molar-refractivity contribution is -0.137. The van der Waals surface area contributed by atoms with Gasteiger partial charge in [0.05, 0.1) is 12.7 Å². The SMILES string of the molecule is COc1ccc(C(=O)NCc2cccc(C(F)(F)F)c2)cc1S(=O)(=O)NC(C)(C)C. The first-order valence-corrected chi connectivity index (χ1v) is 10.4. The molecule has 6 nitrogen and oxygen atoms in total. The first-order chi connectivity index (χ1) is 13.7. The Labute approximate surface area is 173 Å². The minimum atomic E-state index is -4.49. The van der Waals surface area contributed by atoms with Crippen LogP contribution in [0.15, 0.2) is 47.4 Å². The van der Waals surface area contributed by atoms with Crippen LogP contribution in [0.5, 0.6) is 5.75 Å². The molecule has 1 amide bonds. The molecule has 0 fully saturated rings. The van der Waals surface area contributed by atoms with Crippen molar-refractivity contribution in [3.63, 3.8) is 0 Å². The highest BCUT2D eigenvalue weighted by atomic mass is 32.2. The van der Waals surface area contributed by atoms with Crippen molar-refractivity contribution in [3.05, 3.63) is 59.2 Å². The van der Waals surface area contributed by atoms with Crippen molar-refractivity contribution in [1.82, 2.24) is 10.0 Å². The van der Waals surface area contributed by atoms with E-state index in [0.29, 0.717) is 0 Å². The van der Waals surface area contributed by atoms with Crippen molar-refractivity contribution in [1.29, 1.82) is 0 Å². The molecule has 0 aromatic heterocycles. The Bertz CT molecular complexity index is 1030. The van der Waals surface area contributed by atoms with Gasteiger partial charge in [0.2, 0.25) is 10.0 Å². The van der Waals surface area contributed by atoms with Crippen LogP contribution >= 0.6 is 0 Å². The van der Waals surface area contributed by atoms with Crippen LogP contribution in [0.3, 0.4) is 0 Å². The van der Waals surface area contributed by atoms with Crippen molar-refractivity contribution in [2.45, 2.75) is 43.9 Å². The lowest BCUT2D eigenvalue weighted by Gasteiger charge is -2.21. The van der Waals surface area contributed by atoms with E-state index in [0.717, 1.165) is 18.2 Å². The van der Waals surface area contributed by atoms with E-state index < -0.39 is 33.2 Å². The molecule has 0 atom stereocenters. The zero-order chi connectivity index (χ0) is 22.7. The first-order valence-electron chi connectivity index (χ1n) is 8.89. The number of carbonyl (C=O) groups excluding carboxylic acids is 1. The van der Waals surface area contributed by atoms with Gasteiger partial charge in [-0.15, -0.1) is 0 Å². The van der Waals surface area contributed by atoms with Crippen LogP contribution in [0.1, 0.15) is 42.3 Å². The minimum Gasteiger partial charge on any atom is -0.495 e. The van der Waals surface area contributed by atoms with Crippen LogP contribution in [-0.2, 0) is 22.7 Å². The molecule has 30 heavy (non-hydrogen) atoms. The molecule has 2 N–H and O–H groups in total. The monoisotopic (exact) mass is 444 g/mol. The summed E-state index contributed by atoms with van der Waals surface area (Å²) in [5.74, 6) is -0.580. The van der Waals surface area contributed by atoms with Crippen LogP contribution in [0, 0.1) is 0 Å². The van der Waals surface area contributed by atoms with Gasteiger partial charge in [0.1, 0.15) is 10.6 Å². The number of nitrogens with one attached hydrogen (secondary N) is 2. The molecule has 0 saturated carbocycles. The van der Waals surface area contributed by atoms with Gasteiger partial charge >= 0.3 is 6.18 Å². The molecule has 0 spiro atoms. The number of hydrogen-bond donors (Lipinski definition) is 2. The fraction of sp³-hybridized carbons (Fsp3) is 0.350. The number of benzene rings is 2. The molecular formula is C20H23F3N2O4S. The molecule has 0 heterocycles. The molecular weight excluding hydrogens is 421 g/mol. The maximum atomic E-state index is 12.8. The van der Waals surface area contributed by atoms with Gasteiger partial charge in [-0.1, -0.05) is 12.1 Å². The molecule has 0 bridgehead atoms. The van der Waals surface area contributed by atoms with E-state index >= 15 is 0 Å². The third-order valence-corrected chi connectivity index (χ3v) is 5.64. The van der Waals surface area contributed by atoms with E-state index in [9.17, 15) is 26.4 Å². The summed E-state index contributed by atoms with van der Waals surface area (Å²) in [6.07, 6.45) is -4.49. The van der Waals surface area contributed by atoms with E-state index in [-0.39, 0.29) is 28.3 Å². The average Bonchev–Trinajstić information content (AvgIpc) is 2.63. The van der Waals surface area contributed by atoms with E-state index in [1.807, 2.05) is 0 Å².